The van der Waals surface area contributed by atoms with Crippen molar-refractivity contribution in [3.8, 4) is 45.3 Å². The molecule has 3 aromatic heterocycles. The minimum Gasteiger partial charge on any atom is -0.465 e. The number of halogens is 3. The first-order chi connectivity index (χ1) is 29.3. The molecular weight excluding hydrogens is 782 g/mol. The van der Waals surface area contributed by atoms with E-state index < -0.39 is 24.7 Å². The van der Waals surface area contributed by atoms with Crippen molar-refractivity contribution in [3.63, 3.8) is 0 Å². The largest absolute Gasteiger partial charge is 0.465 e. The number of amides is 1. The van der Waals surface area contributed by atoms with Gasteiger partial charge in [-0.3, -0.25) is 9.69 Å². The summed E-state index contributed by atoms with van der Waals surface area (Å²) in [5.41, 5.74) is 11.3. The number of nitrogens with zero attached hydrogens (tertiary/aromatic N) is 5. The maximum Gasteiger partial charge on any atom is 0.387 e. The summed E-state index contributed by atoms with van der Waals surface area (Å²) in [7, 11) is 0. The van der Waals surface area contributed by atoms with Crippen LogP contribution in [0, 0.1) is 23.6 Å². The average Bonchev–Trinajstić information content (AvgIpc) is 4.09. The molecule has 4 N–H and O–H groups in total. The van der Waals surface area contributed by atoms with Gasteiger partial charge in [0.2, 0.25) is 12.1 Å². The third-order valence-electron chi connectivity index (χ3n) is 13.0. The van der Waals surface area contributed by atoms with Gasteiger partial charge in [-0.25, -0.2) is 14.4 Å². The summed E-state index contributed by atoms with van der Waals surface area (Å²) in [5, 5.41) is 0.841. The van der Waals surface area contributed by atoms with E-state index >= 15 is 4.39 Å². The third kappa shape index (κ3) is 7.69. The Labute approximate surface area is 353 Å². The number of hydrogen-bond donors (Lipinski definition) is 3. The highest BCUT2D eigenvalue weighted by Crippen LogP contribution is 2.48. The Morgan fingerprint density at radius 2 is 1.61 bits per heavy atom. The van der Waals surface area contributed by atoms with Crippen LogP contribution in [0.1, 0.15) is 95.8 Å². The highest BCUT2D eigenvalue weighted by atomic mass is 19.3. The van der Waals surface area contributed by atoms with Gasteiger partial charge in [-0.2, -0.15) is 8.78 Å². The first kappa shape index (κ1) is 40.8. The molecule has 9 rings (SSSR count). The summed E-state index contributed by atoms with van der Waals surface area (Å²) < 4.78 is 56.9. The molecule has 2 fully saturated rings. The molecule has 0 bridgehead atoms. The monoisotopic (exact) mass is 834 g/mol. The lowest BCUT2D eigenvalue weighted by Crippen LogP contribution is -2.46. The van der Waals surface area contributed by atoms with E-state index in [9.17, 15) is 13.6 Å². The van der Waals surface area contributed by atoms with Crippen LogP contribution in [0.2, 0.25) is 0 Å². The van der Waals surface area contributed by atoms with Gasteiger partial charge in [-0.1, -0.05) is 52.8 Å². The standard InChI is InChI=1S/C47H53F3N8O3/c1-25(2)27(5)24-56-15-7-11-37(56)43-52-22-34(54-43)28-13-14-36-31(17-28)20-39-41-33(48)19-30(21-40(41)61-46(58(36)39)29-9-6-10-32(18-29)60-47(49)50)35-23-53-44(55-35)38-12-8-16-57(38)45(59)42(51)26(3)4/h6,9-10,13-14,17-23,25-27,37-38,42,46-47H,7-8,11-12,15-16,24,51H2,1-5H3,(H,52,54)(H,53,55). The second kappa shape index (κ2) is 16.4. The fourth-order valence-electron chi connectivity index (χ4n) is 9.19. The van der Waals surface area contributed by atoms with Crippen LogP contribution in [-0.4, -0.2) is 72.5 Å². The molecule has 11 nitrogen and oxygen atoms in total. The molecule has 6 heterocycles. The van der Waals surface area contributed by atoms with Crippen LogP contribution in [0.3, 0.4) is 0 Å². The van der Waals surface area contributed by atoms with Crippen LogP contribution in [0.25, 0.3) is 44.7 Å². The van der Waals surface area contributed by atoms with Gasteiger partial charge in [0.05, 0.1) is 58.7 Å². The summed E-state index contributed by atoms with van der Waals surface area (Å²) in [6, 6.07) is 16.9. The Bertz CT molecular complexity index is 2560. The number of alkyl halides is 2. The van der Waals surface area contributed by atoms with E-state index in [0.717, 1.165) is 66.8 Å². The molecule has 0 aliphatic carbocycles. The molecule has 0 spiro atoms. The summed E-state index contributed by atoms with van der Waals surface area (Å²) in [6.45, 7) is 10.4. The fourth-order valence-corrected chi connectivity index (χ4v) is 9.19. The molecular formula is C47H53F3N8O3. The average molecular weight is 835 g/mol. The number of likely N-dealkylation sites (tertiary alicyclic amines) is 2. The highest BCUT2D eigenvalue weighted by Gasteiger charge is 2.37. The fraction of sp³-hybridized carbons (Fsp3) is 0.426. The highest BCUT2D eigenvalue weighted by molar-refractivity contribution is 5.92. The van der Waals surface area contributed by atoms with Gasteiger partial charge in [0.25, 0.3) is 0 Å². The number of aromatic amines is 2. The molecule has 61 heavy (non-hydrogen) atoms. The smallest absolute Gasteiger partial charge is 0.387 e. The Morgan fingerprint density at radius 1 is 0.885 bits per heavy atom. The maximum atomic E-state index is 16.7. The number of nitrogens with two attached hydrogens (primary N) is 1. The van der Waals surface area contributed by atoms with Crippen LogP contribution >= 0.6 is 0 Å². The summed E-state index contributed by atoms with van der Waals surface area (Å²) in [6.07, 6.45) is 6.39. The number of aromatic nitrogens is 5. The molecule has 3 aliphatic heterocycles. The first-order valence-electron chi connectivity index (χ1n) is 21.5. The zero-order valence-electron chi connectivity index (χ0n) is 35.2. The quantitative estimate of drug-likeness (QED) is 0.112. The van der Waals surface area contributed by atoms with Crippen molar-refractivity contribution in [2.75, 3.05) is 19.6 Å². The first-order valence-corrected chi connectivity index (χ1v) is 21.5. The van der Waals surface area contributed by atoms with Crippen LogP contribution in [0.15, 0.2) is 73.1 Å². The number of rotatable bonds is 12. The minimum absolute atomic E-state index is 0.00991. The van der Waals surface area contributed by atoms with Crippen molar-refractivity contribution in [1.29, 1.82) is 0 Å². The normalized spacial score (nSPS) is 20.1. The predicted molar refractivity (Wildman–Crippen MR) is 228 cm³/mol. The van der Waals surface area contributed by atoms with Crippen molar-refractivity contribution in [2.24, 2.45) is 23.5 Å². The Kier molecular flexibility index (Phi) is 10.9. The van der Waals surface area contributed by atoms with E-state index in [2.05, 4.69) is 46.7 Å². The zero-order valence-corrected chi connectivity index (χ0v) is 35.2. The molecule has 320 valence electrons. The van der Waals surface area contributed by atoms with Gasteiger partial charge in [0.1, 0.15) is 29.0 Å². The molecule has 1 amide bonds. The van der Waals surface area contributed by atoms with Gasteiger partial charge < -0.3 is 34.6 Å². The van der Waals surface area contributed by atoms with Crippen LogP contribution in [0.5, 0.6) is 11.5 Å². The summed E-state index contributed by atoms with van der Waals surface area (Å²) in [4.78, 5) is 34.1. The van der Waals surface area contributed by atoms with E-state index in [-0.39, 0.29) is 41.0 Å². The Morgan fingerprint density at radius 3 is 2.34 bits per heavy atom. The molecule has 0 saturated carbocycles. The number of carbonyl (C=O) groups is 1. The molecule has 6 aromatic rings. The predicted octanol–water partition coefficient (Wildman–Crippen LogP) is 9.84. The number of fused-ring (bicyclic) bond motifs is 5. The maximum absolute atomic E-state index is 16.7. The van der Waals surface area contributed by atoms with E-state index in [4.69, 9.17) is 20.2 Å². The van der Waals surface area contributed by atoms with Gasteiger partial charge in [-0.15, -0.1) is 0 Å². The Balaban J connectivity index is 1.08. The lowest BCUT2D eigenvalue weighted by Gasteiger charge is -2.31. The minimum atomic E-state index is -3.01. The van der Waals surface area contributed by atoms with E-state index in [1.807, 2.05) is 42.8 Å². The van der Waals surface area contributed by atoms with Crippen molar-refractivity contribution < 1.29 is 27.4 Å². The SMILES string of the molecule is CC(C)C(C)CN1CCCC1c1ncc(-c2ccc3c(c2)cc2n3C(c3cccc(OC(F)F)c3)Oc3cc(-c4cnc(C5CCCN5C(=O)C(N)C(C)C)[nH]4)cc(F)c3-2)[nH]1. The van der Waals surface area contributed by atoms with E-state index in [1.54, 1.807) is 29.3 Å². The third-order valence-corrected chi connectivity index (χ3v) is 13.0. The van der Waals surface area contributed by atoms with Gasteiger partial charge in [-0.05, 0) is 92.4 Å². The molecule has 3 aliphatic rings. The lowest BCUT2D eigenvalue weighted by molar-refractivity contribution is -0.134. The van der Waals surface area contributed by atoms with E-state index in [1.165, 1.54) is 18.2 Å². The summed E-state index contributed by atoms with van der Waals surface area (Å²) in [5.74, 6) is 2.36. The molecule has 5 atom stereocenters. The second-order valence-electron chi connectivity index (χ2n) is 17.6. The topological polar surface area (TPSA) is 130 Å². The number of ether oxygens (including phenoxy) is 2. The van der Waals surface area contributed by atoms with Crippen LogP contribution < -0.4 is 15.2 Å². The molecule has 3 aromatic carbocycles. The van der Waals surface area contributed by atoms with Crippen LogP contribution in [0.4, 0.5) is 13.2 Å². The molecule has 0 radical (unpaired) electrons. The number of benzene rings is 3. The zero-order chi connectivity index (χ0) is 42.7. The number of hydrogen-bond acceptors (Lipinski definition) is 7. The summed E-state index contributed by atoms with van der Waals surface area (Å²) >= 11 is 0. The number of H-pyrrole nitrogens is 2. The van der Waals surface area contributed by atoms with Gasteiger partial charge >= 0.3 is 6.61 Å². The van der Waals surface area contributed by atoms with Crippen molar-refractivity contribution in [3.05, 3.63) is 96.1 Å². The van der Waals surface area contributed by atoms with Gasteiger partial charge in [0.15, 0.2) is 0 Å². The number of imidazole rings is 2. The second-order valence-corrected chi connectivity index (χ2v) is 17.6. The van der Waals surface area contributed by atoms with E-state index in [0.29, 0.717) is 46.7 Å². The lowest BCUT2D eigenvalue weighted by atomic mass is 9.97. The number of nitrogens with one attached hydrogen (secondary N) is 2. The van der Waals surface area contributed by atoms with Crippen molar-refractivity contribution >= 4 is 16.8 Å². The van der Waals surface area contributed by atoms with Crippen LogP contribution in [-0.2, 0) is 4.79 Å². The Hall–Kier alpha value is -5.60. The number of carbonyl (C=O) groups excluding carboxylic acids is 1. The molecule has 5 unspecified atom stereocenters. The molecule has 14 heteroatoms. The van der Waals surface area contributed by atoms with Gasteiger partial charge in [0, 0.05) is 35.2 Å². The van der Waals surface area contributed by atoms with Crippen molar-refractivity contribution in [2.45, 2.75) is 91.3 Å². The van der Waals surface area contributed by atoms with Crippen molar-refractivity contribution in [1.82, 2.24) is 34.3 Å². The molecule has 2 saturated heterocycles.